The molecule has 0 saturated carbocycles. The van der Waals surface area contributed by atoms with Gasteiger partial charge in [-0.1, -0.05) is 24.3 Å². The van der Waals surface area contributed by atoms with Crippen LogP contribution in [0.15, 0.2) is 48.5 Å². The number of phenolic OH excluding ortho intramolecular Hbond substituents is 1. The van der Waals surface area contributed by atoms with Crippen molar-refractivity contribution in [1.82, 2.24) is 19.6 Å². The Bertz CT molecular complexity index is 1340. The normalized spacial score (nSPS) is 17.8. The van der Waals surface area contributed by atoms with E-state index in [2.05, 4.69) is 5.32 Å². The molecule has 1 fully saturated rings. The molecule has 2 aromatic rings. The Labute approximate surface area is 266 Å². The van der Waals surface area contributed by atoms with Crippen molar-refractivity contribution in [2.75, 3.05) is 77.3 Å². The maximum Gasteiger partial charge on any atom is 0.317 e. The summed E-state index contributed by atoms with van der Waals surface area (Å²) >= 11 is 0. The highest BCUT2D eigenvalue weighted by Crippen LogP contribution is 2.25. The van der Waals surface area contributed by atoms with E-state index in [0.717, 1.165) is 5.56 Å². The van der Waals surface area contributed by atoms with Gasteiger partial charge in [-0.2, -0.15) is 0 Å². The summed E-state index contributed by atoms with van der Waals surface area (Å²) in [5.41, 5.74) is 2.06. The molecule has 1 unspecified atom stereocenters. The zero-order valence-corrected chi connectivity index (χ0v) is 25.5. The van der Waals surface area contributed by atoms with Crippen molar-refractivity contribution in [1.29, 1.82) is 0 Å². The number of rotatable bonds is 13. The number of amides is 1. The van der Waals surface area contributed by atoms with Crippen molar-refractivity contribution in [2.45, 2.75) is 18.9 Å². The van der Waals surface area contributed by atoms with Gasteiger partial charge in [-0.3, -0.25) is 43.6 Å². The summed E-state index contributed by atoms with van der Waals surface area (Å²) in [4.78, 5) is 65.9. The molecule has 3 rings (SSSR count). The van der Waals surface area contributed by atoms with Gasteiger partial charge in [-0.05, 0) is 41.8 Å². The lowest BCUT2D eigenvalue weighted by atomic mass is 10.0. The minimum absolute atomic E-state index is 0.0950. The lowest BCUT2D eigenvalue weighted by molar-refractivity contribution is -0.142. The number of nitrogens with one attached hydrogen (secondary N) is 1. The predicted molar refractivity (Wildman–Crippen MR) is 166 cm³/mol. The van der Waals surface area contributed by atoms with Crippen LogP contribution in [-0.4, -0.2) is 147 Å². The summed E-state index contributed by atoms with van der Waals surface area (Å²) in [6.07, 6.45) is 0.677. The van der Waals surface area contributed by atoms with Crippen molar-refractivity contribution < 1.29 is 49.5 Å². The predicted octanol–water partition coefficient (Wildman–Crippen LogP) is 0.565. The van der Waals surface area contributed by atoms with Gasteiger partial charge in [-0.15, -0.1) is 0 Å². The van der Waals surface area contributed by atoms with Crippen molar-refractivity contribution in [2.24, 2.45) is 0 Å². The molecule has 6 N–H and O–H groups in total. The quantitative estimate of drug-likeness (QED) is 0.176. The fourth-order valence-corrected chi connectivity index (χ4v) is 5.31. The molecule has 250 valence electrons. The van der Waals surface area contributed by atoms with E-state index in [0.29, 0.717) is 17.7 Å². The molecule has 2 aromatic carbocycles. The number of aromatic hydroxyl groups is 1. The highest BCUT2D eigenvalue weighted by atomic mass is 16.4. The largest absolute Gasteiger partial charge is 0.508 e. The van der Waals surface area contributed by atoms with Crippen molar-refractivity contribution >= 4 is 35.5 Å². The number of aryl methyl sites for hydroxylation is 1. The molecule has 1 heterocycles. The highest BCUT2D eigenvalue weighted by Gasteiger charge is 2.28. The maximum absolute atomic E-state index is 12.6. The first-order chi connectivity index (χ1) is 21.9. The highest BCUT2D eigenvalue weighted by molar-refractivity contribution is 5.90. The van der Waals surface area contributed by atoms with Crippen LogP contribution in [0.2, 0.25) is 0 Å². The second-order valence-corrected chi connectivity index (χ2v) is 11.2. The van der Waals surface area contributed by atoms with E-state index in [-0.39, 0.29) is 83.5 Å². The van der Waals surface area contributed by atoms with E-state index >= 15 is 0 Å². The zero-order valence-electron chi connectivity index (χ0n) is 25.5. The third-order valence-electron chi connectivity index (χ3n) is 7.61. The van der Waals surface area contributed by atoms with Crippen LogP contribution >= 0.6 is 0 Å². The molecule has 0 aliphatic carbocycles. The fourth-order valence-electron chi connectivity index (χ4n) is 5.31. The molecule has 1 saturated heterocycles. The Morgan fingerprint density at radius 2 is 1.11 bits per heavy atom. The van der Waals surface area contributed by atoms with Crippen LogP contribution in [0.25, 0.3) is 0 Å². The standard InChI is InChI=1S/C31H41N5O10/c37-25-8-1-22(2-9-25)3-10-27(38)32-24-6-4-23(5-7-24)26-17-35(20-30(43)44)14-13-33(18-28(39)40)11-12-34(19-29(41)42)15-16-36(26)21-31(45)46/h1-2,4-9,26,37H,3,10-21H2,(H,32,38)(H,39,40)(H,41,42)(H,43,44)(H,45,46). The van der Waals surface area contributed by atoms with Gasteiger partial charge in [0.1, 0.15) is 5.75 Å². The molecule has 15 heteroatoms. The zero-order chi connectivity index (χ0) is 33.6. The number of aliphatic carboxylic acids is 4. The van der Waals surface area contributed by atoms with Gasteiger partial charge < -0.3 is 30.8 Å². The fraction of sp³-hybridized carbons (Fsp3) is 0.452. The molecule has 0 spiro atoms. The maximum atomic E-state index is 12.6. The number of anilines is 1. The summed E-state index contributed by atoms with van der Waals surface area (Å²) in [6, 6.07) is 12.8. The van der Waals surface area contributed by atoms with Gasteiger partial charge in [0.2, 0.25) is 5.91 Å². The van der Waals surface area contributed by atoms with Crippen LogP contribution < -0.4 is 5.32 Å². The molecule has 15 nitrogen and oxygen atoms in total. The molecule has 1 aliphatic rings. The first-order valence-corrected chi connectivity index (χ1v) is 14.8. The Kier molecular flexibility index (Phi) is 13.9. The molecule has 0 aromatic heterocycles. The van der Waals surface area contributed by atoms with Gasteiger partial charge >= 0.3 is 23.9 Å². The number of carboxylic acids is 4. The number of hydrogen-bond donors (Lipinski definition) is 6. The summed E-state index contributed by atoms with van der Waals surface area (Å²) < 4.78 is 0. The smallest absolute Gasteiger partial charge is 0.317 e. The van der Waals surface area contributed by atoms with E-state index in [1.807, 2.05) is 0 Å². The number of carbonyl (C=O) groups is 5. The van der Waals surface area contributed by atoms with Crippen LogP contribution in [0.3, 0.4) is 0 Å². The molecular weight excluding hydrogens is 602 g/mol. The Morgan fingerprint density at radius 1 is 0.630 bits per heavy atom. The van der Waals surface area contributed by atoms with Crippen LogP contribution in [0.1, 0.15) is 23.6 Å². The lowest BCUT2D eigenvalue weighted by Crippen LogP contribution is -2.50. The number of carbonyl (C=O) groups excluding carboxylic acids is 1. The van der Waals surface area contributed by atoms with Crippen LogP contribution in [0.5, 0.6) is 5.75 Å². The number of benzene rings is 2. The monoisotopic (exact) mass is 643 g/mol. The van der Waals surface area contributed by atoms with E-state index in [1.54, 1.807) is 68.1 Å². The van der Waals surface area contributed by atoms with Gasteiger partial charge in [0.25, 0.3) is 0 Å². The Morgan fingerprint density at radius 3 is 1.63 bits per heavy atom. The van der Waals surface area contributed by atoms with Gasteiger partial charge in [0.15, 0.2) is 0 Å². The van der Waals surface area contributed by atoms with Gasteiger partial charge in [0, 0.05) is 64.0 Å². The lowest BCUT2D eigenvalue weighted by Gasteiger charge is -2.37. The Hall–Kier alpha value is -4.57. The number of nitrogens with zero attached hydrogens (tertiary/aromatic N) is 4. The van der Waals surface area contributed by atoms with E-state index < -0.39 is 36.5 Å². The average molecular weight is 644 g/mol. The third kappa shape index (κ3) is 12.8. The van der Waals surface area contributed by atoms with Gasteiger partial charge in [0.05, 0.1) is 26.2 Å². The minimum Gasteiger partial charge on any atom is -0.508 e. The van der Waals surface area contributed by atoms with Crippen LogP contribution in [-0.2, 0) is 30.4 Å². The van der Waals surface area contributed by atoms with Crippen molar-refractivity contribution in [3.05, 3.63) is 59.7 Å². The van der Waals surface area contributed by atoms with Crippen LogP contribution in [0, 0.1) is 0 Å². The Balaban J connectivity index is 1.85. The molecule has 0 bridgehead atoms. The molecule has 1 amide bonds. The summed E-state index contributed by atoms with van der Waals surface area (Å²) in [7, 11) is 0. The van der Waals surface area contributed by atoms with E-state index in [4.69, 9.17) is 0 Å². The summed E-state index contributed by atoms with van der Waals surface area (Å²) in [5.74, 6) is -4.45. The minimum atomic E-state index is -1.11. The summed E-state index contributed by atoms with van der Waals surface area (Å²) in [5, 5.41) is 50.5. The molecule has 46 heavy (non-hydrogen) atoms. The first kappa shape index (κ1) is 35.9. The SMILES string of the molecule is O=C(O)CN1CCN(CC(=O)O)CCN(CC(=O)O)C(c2ccc(NC(=O)CCc3ccc(O)cc3)cc2)CN(CC(=O)O)CC1. The number of hydrogen-bond acceptors (Lipinski definition) is 10. The first-order valence-electron chi connectivity index (χ1n) is 14.8. The average Bonchev–Trinajstić information content (AvgIpc) is 2.97. The molecular formula is C31H41N5O10. The van der Waals surface area contributed by atoms with E-state index in [1.165, 1.54) is 0 Å². The molecule has 1 aliphatic heterocycles. The second-order valence-electron chi connectivity index (χ2n) is 11.2. The topological polar surface area (TPSA) is 211 Å². The third-order valence-corrected chi connectivity index (χ3v) is 7.61. The number of phenols is 1. The van der Waals surface area contributed by atoms with E-state index in [9.17, 15) is 49.5 Å². The summed E-state index contributed by atoms with van der Waals surface area (Å²) in [6.45, 7) is -0.172. The van der Waals surface area contributed by atoms with Crippen molar-refractivity contribution in [3.8, 4) is 5.75 Å². The molecule has 0 radical (unpaired) electrons. The second kappa shape index (κ2) is 17.8. The molecule has 1 atom stereocenters. The van der Waals surface area contributed by atoms with Crippen LogP contribution in [0.4, 0.5) is 5.69 Å². The van der Waals surface area contributed by atoms with Gasteiger partial charge in [-0.25, -0.2) is 0 Å². The number of carboxylic acid groups (broad SMARTS) is 4. The van der Waals surface area contributed by atoms with Crippen molar-refractivity contribution in [3.63, 3.8) is 0 Å².